The SMILES string of the molecule is O=C(CN1CCN(C(=O)C2=Cc3ccccc3OC2)CC1)Nc1ccc(F)cc1. The van der Waals surface area contributed by atoms with Crippen LogP contribution in [0.5, 0.6) is 5.75 Å². The van der Waals surface area contributed by atoms with Crippen molar-refractivity contribution in [3.8, 4) is 5.75 Å². The molecule has 0 spiro atoms. The molecule has 0 unspecified atom stereocenters. The van der Waals surface area contributed by atoms with Crippen LogP contribution in [0.4, 0.5) is 10.1 Å². The summed E-state index contributed by atoms with van der Waals surface area (Å²) >= 11 is 0. The van der Waals surface area contributed by atoms with Gasteiger partial charge in [-0.05, 0) is 36.4 Å². The Morgan fingerprint density at radius 2 is 1.72 bits per heavy atom. The van der Waals surface area contributed by atoms with E-state index in [0.717, 1.165) is 11.3 Å². The number of carbonyl (C=O) groups is 2. The molecule has 0 atom stereocenters. The van der Waals surface area contributed by atoms with Crippen LogP contribution in [0.2, 0.25) is 0 Å². The van der Waals surface area contributed by atoms with Crippen LogP contribution >= 0.6 is 0 Å². The average molecular weight is 395 g/mol. The van der Waals surface area contributed by atoms with Crippen LogP contribution in [0.15, 0.2) is 54.1 Å². The maximum Gasteiger partial charge on any atom is 0.253 e. The van der Waals surface area contributed by atoms with Gasteiger partial charge < -0.3 is 15.0 Å². The highest BCUT2D eigenvalue weighted by Gasteiger charge is 2.26. The fraction of sp³-hybridized carbons (Fsp3) is 0.273. The molecule has 0 radical (unpaired) electrons. The Hall–Kier alpha value is -3.19. The van der Waals surface area contributed by atoms with Crippen molar-refractivity contribution in [1.29, 1.82) is 0 Å². The molecule has 0 bridgehead atoms. The highest BCUT2D eigenvalue weighted by Crippen LogP contribution is 2.26. The molecule has 0 aliphatic carbocycles. The van der Waals surface area contributed by atoms with E-state index in [4.69, 9.17) is 4.74 Å². The number of benzene rings is 2. The van der Waals surface area contributed by atoms with Crippen molar-refractivity contribution in [2.45, 2.75) is 0 Å². The van der Waals surface area contributed by atoms with Crippen molar-refractivity contribution in [3.63, 3.8) is 0 Å². The zero-order valence-electron chi connectivity index (χ0n) is 15.9. The first-order chi connectivity index (χ1) is 14.1. The number of nitrogens with one attached hydrogen (secondary N) is 1. The van der Waals surface area contributed by atoms with Crippen LogP contribution in [0.1, 0.15) is 5.56 Å². The minimum absolute atomic E-state index is 0.0186. The number of halogens is 1. The molecule has 1 N–H and O–H groups in total. The van der Waals surface area contributed by atoms with Crippen LogP contribution < -0.4 is 10.1 Å². The first-order valence-corrected chi connectivity index (χ1v) is 9.58. The van der Waals surface area contributed by atoms with Gasteiger partial charge in [0, 0.05) is 37.4 Å². The van der Waals surface area contributed by atoms with Gasteiger partial charge in [0.05, 0.1) is 12.1 Å². The van der Waals surface area contributed by atoms with Gasteiger partial charge in [0.25, 0.3) is 5.91 Å². The van der Waals surface area contributed by atoms with Crippen LogP contribution in [0.25, 0.3) is 6.08 Å². The van der Waals surface area contributed by atoms with Crippen molar-refractivity contribution in [1.82, 2.24) is 9.80 Å². The van der Waals surface area contributed by atoms with Crippen LogP contribution in [-0.4, -0.2) is 60.9 Å². The number of piperazine rings is 1. The summed E-state index contributed by atoms with van der Waals surface area (Å²) in [7, 11) is 0. The van der Waals surface area contributed by atoms with Gasteiger partial charge >= 0.3 is 0 Å². The number of amides is 2. The Bertz CT molecular complexity index is 935. The fourth-order valence-electron chi connectivity index (χ4n) is 3.49. The number of carbonyl (C=O) groups excluding carboxylic acids is 2. The Kier molecular flexibility index (Phi) is 5.57. The molecule has 1 saturated heterocycles. The van der Waals surface area contributed by atoms with E-state index in [9.17, 15) is 14.0 Å². The van der Waals surface area contributed by atoms with Crippen molar-refractivity contribution >= 4 is 23.6 Å². The first kappa shape index (κ1) is 19.1. The molecular formula is C22H22FN3O3. The van der Waals surface area contributed by atoms with Gasteiger partial charge in [-0.1, -0.05) is 18.2 Å². The normalized spacial score (nSPS) is 16.4. The predicted octanol–water partition coefficient (Wildman–Crippen LogP) is 2.38. The number of anilines is 1. The molecule has 29 heavy (non-hydrogen) atoms. The summed E-state index contributed by atoms with van der Waals surface area (Å²) in [5.74, 6) is 0.276. The van der Waals surface area contributed by atoms with Crippen molar-refractivity contribution in [2.24, 2.45) is 0 Å². The summed E-state index contributed by atoms with van der Waals surface area (Å²) < 4.78 is 18.6. The molecule has 2 aromatic carbocycles. The molecule has 2 aromatic rings. The highest BCUT2D eigenvalue weighted by molar-refractivity contribution is 5.99. The maximum absolute atomic E-state index is 12.9. The van der Waals surface area contributed by atoms with E-state index in [1.807, 2.05) is 35.2 Å². The second kappa shape index (κ2) is 8.45. The Balaban J connectivity index is 1.28. The monoisotopic (exact) mass is 395 g/mol. The number of ether oxygens (including phenoxy) is 1. The lowest BCUT2D eigenvalue weighted by Crippen LogP contribution is -2.51. The van der Waals surface area contributed by atoms with Crippen molar-refractivity contribution < 1.29 is 18.7 Å². The second-order valence-corrected chi connectivity index (χ2v) is 7.12. The lowest BCUT2D eigenvalue weighted by Gasteiger charge is -2.35. The molecule has 2 aliphatic heterocycles. The third-order valence-corrected chi connectivity index (χ3v) is 5.06. The van der Waals surface area contributed by atoms with Gasteiger partial charge in [-0.3, -0.25) is 14.5 Å². The molecule has 2 amide bonds. The highest BCUT2D eigenvalue weighted by atomic mass is 19.1. The fourth-order valence-corrected chi connectivity index (χ4v) is 3.49. The summed E-state index contributed by atoms with van der Waals surface area (Å²) in [5, 5.41) is 2.76. The first-order valence-electron chi connectivity index (χ1n) is 9.58. The molecule has 0 saturated carbocycles. The lowest BCUT2D eigenvalue weighted by atomic mass is 10.1. The summed E-state index contributed by atoms with van der Waals surface area (Å²) in [6.45, 7) is 2.86. The summed E-state index contributed by atoms with van der Waals surface area (Å²) in [5.41, 5.74) is 2.12. The minimum atomic E-state index is -0.342. The standard InChI is InChI=1S/C22H22FN3O3/c23-18-5-7-19(8-6-18)24-21(27)14-25-9-11-26(12-10-25)22(28)17-13-16-3-1-2-4-20(16)29-15-17/h1-8,13H,9-12,14-15H2,(H,24,27). The zero-order valence-corrected chi connectivity index (χ0v) is 15.9. The van der Waals surface area contributed by atoms with E-state index in [0.29, 0.717) is 37.4 Å². The number of hydrogen-bond acceptors (Lipinski definition) is 4. The second-order valence-electron chi connectivity index (χ2n) is 7.12. The topological polar surface area (TPSA) is 61.9 Å². The largest absolute Gasteiger partial charge is 0.488 e. The molecule has 0 aromatic heterocycles. The van der Waals surface area contributed by atoms with Crippen LogP contribution in [0, 0.1) is 5.82 Å². The van der Waals surface area contributed by atoms with Gasteiger partial charge in [0.2, 0.25) is 5.91 Å². The summed E-state index contributed by atoms with van der Waals surface area (Å²) in [6.07, 6.45) is 1.89. The van der Waals surface area contributed by atoms with Crippen LogP contribution in [0.3, 0.4) is 0 Å². The van der Waals surface area contributed by atoms with Crippen molar-refractivity contribution in [3.05, 3.63) is 65.5 Å². The Morgan fingerprint density at radius 3 is 2.48 bits per heavy atom. The maximum atomic E-state index is 12.9. The van der Waals surface area contributed by atoms with E-state index in [-0.39, 0.29) is 30.8 Å². The van der Waals surface area contributed by atoms with Gasteiger partial charge in [-0.25, -0.2) is 4.39 Å². The van der Waals surface area contributed by atoms with Crippen molar-refractivity contribution in [2.75, 3.05) is 44.6 Å². The number of para-hydroxylation sites is 1. The third kappa shape index (κ3) is 4.63. The Morgan fingerprint density at radius 1 is 1.00 bits per heavy atom. The summed E-state index contributed by atoms with van der Waals surface area (Å²) in [6, 6.07) is 13.3. The van der Waals surface area contributed by atoms with Gasteiger partial charge in [0.1, 0.15) is 18.2 Å². The minimum Gasteiger partial charge on any atom is -0.488 e. The van der Waals surface area contributed by atoms with E-state index in [1.54, 1.807) is 4.90 Å². The van der Waals surface area contributed by atoms with E-state index < -0.39 is 0 Å². The van der Waals surface area contributed by atoms with Gasteiger partial charge in [-0.15, -0.1) is 0 Å². The molecular weight excluding hydrogens is 373 g/mol. The lowest BCUT2D eigenvalue weighted by molar-refractivity contribution is -0.129. The van der Waals surface area contributed by atoms with E-state index in [2.05, 4.69) is 5.32 Å². The Labute approximate surface area is 168 Å². The number of hydrogen-bond donors (Lipinski definition) is 1. The van der Waals surface area contributed by atoms with Gasteiger partial charge in [0.15, 0.2) is 0 Å². The molecule has 2 heterocycles. The number of nitrogens with zero attached hydrogens (tertiary/aromatic N) is 2. The molecule has 2 aliphatic rings. The quantitative estimate of drug-likeness (QED) is 0.864. The summed E-state index contributed by atoms with van der Waals surface area (Å²) in [4.78, 5) is 28.8. The molecule has 4 rings (SSSR count). The average Bonchev–Trinajstić information content (AvgIpc) is 2.75. The molecule has 1 fully saturated rings. The number of fused-ring (bicyclic) bond motifs is 1. The van der Waals surface area contributed by atoms with Gasteiger partial charge in [-0.2, -0.15) is 0 Å². The molecule has 150 valence electrons. The zero-order chi connectivity index (χ0) is 20.2. The predicted molar refractivity (Wildman–Crippen MR) is 108 cm³/mol. The number of rotatable bonds is 4. The van der Waals surface area contributed by atoms with Crippen LogP contribution in [-0.2, 0) is 9.59 Å². The molecule has 7 heteroatoms. The molecule has 6 nitrogen and oxygen atoms in total. The smallest absolute Gasteiger partial charge is 0.253 e. The van der Waals surface area contributed by atoms with E-state index >= 15 is 0 Å². The van der Waals surface area contributed by atoms with E-state index in [1.165, 1.54) is 24.3 Å². The third-order valence-electron chi connectivity index (χ3n) is 5.06.